The third-order valence-corrected chi connectivity index (χ3v) is 3.11. The largest absolute Gasteiger partial charge is 0.290 e. The average Bonchev–Trinajstić information content (AvgIpc) is 2.71. The van der Waals surface area contributed by atoms with Gasteiger partial charge in [0.1, 0.15) is 12.0 Å². The number of nitrogens with zero attached hydrogens (tertiary/aromatic N) is 3. The molecule has 0 unspecified atom stereocenters. The molecule has 0 bridgehead atoms. The smallest absolute Gasteiger partial charge is 0.140 e. The highest BCUT2D eigenvalue weighted by Gasteiger charge is 2.11. The molecule has 2 aromatic heterocycles. The number of rotatable bonds is 1. The molecule has 17 heavy (non-hydrogen) atoms. The van der Waals surface area contributed by atoms with Crippen LogP contribution < -0.4 is 0 Å². The molecule has 3 aromatic rings. The number of imidazole rings is 1. The van der Waals surface area contributed by atoms with E-state index >= 15 is 0 Å². The van der Waals surface area contributed by atoms with Crippen LogP contribution in [0.4, 0.5) is 0 Å². The van der Waals surface area contributed by atoms with E-state index in [4.69, 9.17) is 23.2 Å². The van der Waals surface area contributed by atoms with E-state index in [1.165, 1.54) is 0 Å². The van der Waals surface area contributed by atoms with Crippen LogP contribution in [0, 0.1) is 0 Å². The fourth-order valence-corrected chi connectivity index (χ4v) is 2.30. The predicted molar refractivity (Wildman–Crippen MR) is 68.4 cm³/mol. The summed E-state index contributed by atoms with van der Waals surface area (Å²) in [6.45, 7) is 0. The zero-order valence-electron chi connectivity index (χ0n) is 8.64. The SMILES string of the molecule is Clc1cccc(Cl)c1-c1cn2cnccc2n1. The molecule has 0 aliphatic rings. The Morgan fingerprint density at radius 3 is 2.53 bits per heavy atom. The number of aromatic nitrogens is 3. The minimum absolute atomic E-state index is 0.592. The molecule has 0 spiro atoms. The van der Waals surface area contributed by atoms with Crippen molar-refractivity contribution in [3.05, 3.63) is 53.0 Å². The van der Waals surface area contributed by atoms with E-state index < -0.39 is 0 Å². The second-order valence-corrected chi connectivity index (χ2v) is 4.38. The van der Waals surface area contributed by atoms with Crippen LogP contribution in [0.2, 0.25) is 10.0 Å². The average molecular weight is 264 g/mol. The van der Waals surface area contributed by atoms with Gasteiger partial charge in [0.25, 0.3) is 0 Å². The van der Waals surface area contributed by atoms with Crippen molar-refractivity contribution >= 4 is 28.8 Å². The van der Waals surface area contributed by atoms with Crippen LogP contribution >= 0.6 is 23.2 Å². The molecular formula is C12H7Cl2N3. The van der Waals surface area contributed by atoms with E-state index in [2.05, 4.69) is 9.97 Å². The molecule has 0 aliphatic heterocycles. The Kier molecular flexibility index (Phi) is 2.50. The van der Waals surface area contributed by atoms with Gasteiger partial charge < -0.3 is 0 Å². The van der Waals surface area contributed by atoms with Crippen LogP contribution in [-0.4, -0.2) is 14.4 Å². The number of halogens is 2. The Labute approximate surface area is 108 Å². The third kappa shape index (κ3) is 1.77. The first kappa shape index (κ1) is 10.6. The van der Waals surface area contributed by atoms with Gasteiger partial charge in [0, 0.05) is 18.0 Å². The number of hydrogen-bond donors (Lipinski definition) is 0. The van der Waals surface area contributed by atoms with E-state index in [-0.39, 0.29) is 0 Å². The van der Waals surface area contributed by atoms with E-state index in [9.17, 15) is 0 Å². The number of hydrogen-bond acceptors (Lipinski definition) is 2. The van der Waals surface area contributed by atoms with Crippen molar-refractivity contribution in [1.29, 1.82) is 0 Å². The summed E-state index contributed by atoms with van der Waals surface area (Å²) in [6.07, 6.45) is 5.24. The lowest BCUT2D eigenvalue weighted by atomic mass is 10.2. The first-order valence-corrected chi connectivity index (χ1v) is 5.74. The molecule has 0 saturated heterocycles. The van der Waals surface area contributed by atoms with Gasteiger partial charge in [-0.05, 0) is 18.2 Å². The fraction of sp³-hybridized carbons (Fsp3) is 0. The van der Waals surface area contributed by atoms with E-state index in [0.717, 1.165) is 16.9 Å². The highest BCUT2D eigenvalue weighted by atomic mass is 35.5. The molecule has 0 fully saturated rings. The molecule has 5 heteroatoms. The minimum atomic E-state index is 0.592. The predicted octanol–water partition coefficient (Wildman–Crippen LogP) is 3.70. The molecule has 0 amide bonds. The molecule has 3 nitrogen and oxygen atoms in total. The van der Waals surface area contributed by atoms with E-state index in [1.54, 1.807) is 24.7 Å². The molecule has 3 rings (SSSR count). The van der Waals surface area contributed by atoms with Crippen LogP contribution in [0.5, 0.6) is 0 Å². The van der Waals surface area contributed by atoms with Gasteiger partial charge in [-0.25, -0.2) is 9.97 Å². The second-order valence-electron chi connectivity index (χ2n) is 3.57. The highest BCUT2D eigenvalue weighted by molar-refractivity contribution is 6.39. The van der Waals surface area contributed by atoms with Crippen LogP contribution in [0.15, 0.2) is 43.0 Å². The summed E-state index contributed by atoms with van der Waals surface area (Å²) in [7, 11) is 0. The summed E-state index contributed by atoms with van der Waals surface area (Å²) in [5.41, 5.74) is 2.30. The quantitative estimate of drug-likeness (QED) is 0.670. The standard InChI is InChI=1S/C12H7Cl2N3/c13-8-2-1-3-9(14)12(8)10-6-17-7-15-5-4-11(17)16-10/h1-7H. The molecule has 0 N–H and O–H groups in total. The first-order valence-electron chi connectivity index (χ1n) is 4.99. The molecular weight excluding hydrogens is 257 g/mol. The Morgan fingerprint density at radius 1 is 1.06 bits per heavy atom. The molecule has 1 aromatic carbocycles. The lowest BCUT2D eigenvalue weighted by Gasteiger charge is -2.02. The molecule has 84 valence electrons. The summed E-state index contributed by atoms with van der Waals surface area (Å²) < 4.78 is 1.83. The number of benzene rings is 1. The van der Waals surface area contributed by atoms with Crippen molar-refractivity contribution in [3.63, 3.8) is 0 Å². The highest BCUT2D eigenvalue weighted by Crippen LogP contribution is 2.33. The van der Waals surface area contributed by atoms with Crippen LogP contribution in [0.1, 0.15) is 0 Å². The van der Waals surface area contributed by atoms with Crippen molar-refractivity contribution in [2.75, 3.05) is 0 Å². The zero-order chi connectivity index (χ0) is 11.8. The maximum absolute atomic E-state index is 6.14. The lowest BCUT2D eigenvalue weighted by Crippen LogP contribution is -1.81. The topological polar surface area (TPSA) is 30.2 Å². The van der Waals surface area contributed by atoms with Gasteiger partial charge in [0.2, 0.25) is 0 Å². The zero-order valence-corrected chi connectivity index (χ0v) is 10.2. The number of fused-ring (bicyclic) bond motifs is 1. The summed E-state index contributed by atoms with van der Waals surface area (Å²) >= 11 is 12.3. The minimum Gasteiger partial charge on any atom is -0.290 e. The third-order valence-electron chi connectivity index (χ3n) is 2.48. The molecule has 2 heterocycles. The normalized spacial score (nSPS) is 10.9. The van der Waals surface area contributed by atoms with Gasteiger partial charge in [-0.1, -0.05) is 29.3 Å². The van der Waals surface area contributed by atoms with Gasteiger partial charge in [-0.15, -0.1) is 0 Å². The van der Waals surface area contributed by atoms with Crippen LogP contribution in [0.25, 0.3) is 16.9 Å². The Morgan fingerprint density at radius 2 is 1.82 bits per heavy atom. The van der Waals surface area contributed by atoms with Crippen LogP contribution in [-0.2, 0) is 0 Å². The summed E-state index contributed by atoms with van der Waals surface area (Å²) in [6, 6.07) is 7.23. The Balaban J connectivity index is 2.27. The summed E-state index contributed by atoms with van der Waals surface area (Å²) in [4.78, 5) is 8.48. The van der Waals surface area contributed by atoms with Gasteiger partial charge in [-0.2, -0.15) is 0 Å². The van der Waals surface area contributed by atoms with Gasteiger partial charge >= 0.3 is 0 Å². The molecule has 0 atom stereocenters. The van der Waals surface area contributed by atoms with Gasteiger partial charge in [-0.3, -0.25) is 4.40 Å². The van der Waals surface area contributed by atoms with Crippen molar-refractivity contribution in [2.24, 2.45) is 0 Å². The Hall–Kier alpha value is -1.58. The van der Waals surface area contributed by atoms with Gasteiger partial charge in [0.15, 0.2) is 0 Å². The maximum Gasteiger partial charge on any atom is 0.140 e. The van der Waals surface area contributed by atoms with Crippen molar-refractivity contribution in [1.82, 2.24) is 14.4 Å². The summed E-state index contributed by atoms with van der Waals surface area (Å²) in [5.74, 6) is 0. The Bertz CT molecular complexity index is 638. The molecule has 0 saturated carbocycles. The first-order chi connectivity index (χ1) is 8.25. The van der Waals surface area contributed by atoms with Crippen molar-refractivity contribution in [3.8, 4) is 11.3 Å². The second kappa shape index (κ2) is 4.02. The molecule has 0 radical (unpaired) electrons. The monoisotopic (exact) mass is 263 g/mol. The van der Waals surface area contributed by atoms with E-state index in [1.807, 2.05) is 22.7 Å². The van der Waals surface area contributed by atoms with Gasteiger partial charge in [0.05, 0.1) is 15.7 Å². The van der Waals surface area contributed by atoms with Crippen molar-refractivity contribution < 1.29 is 0 Å². The fourth-order valence-electron chi connectivity index (χ4n) is 1.71. The van der Waals surface area contributed by atoms with Crippen LogP contribution in [0.3, 0.4) is 0 Å². The maximum atomic E-state index is 6.14. The summed E-state index contributed by atoms with van der Waals surface area (Å²) in [5, 5.41) is 1.18. The van der Waals surface area contributed by atoms with Crippen molar-refractivity contribution in [2.45, 2.75) is 0 Å². The molecule has 0 aliphatic carbocycles. The van der Waals surface area contributed by atoms with E-state index in [0.29, 0.717) is 10.0 Å². The lowest BCUT2D eigenvalue weighted by molar-refractivity contribution is 1.09.